The number of ether oxygens (including phenoxy) is 2. The molecule has 0 aromatic heterocycles. The van der Waals surface area contributed by atoms with Crippen molar-refractivity contribution < 1.29 is 17.9 Å². The summed E-state index contributed by atoms with van der Waals surface area (Å²) in [6, 6.07) is 10.2. The van der Waals surface area contributed by atoms with Crippen LogP contribution in [0, 0.1) is 13.8 Å². The minimum Gasteiger partial charge on any atom is -0.496 e. The van der Waals surface area contributed by atoms with Gasteiger partial charge in [-0.25, -0.2) is 8.42 Å². The van der Waals surface area contributed by atoms with Crippen molar-refractivity contribution in [3.63, 3.8) is 0 Å². The standard InChI is InChI=1S/C18H23NO4S/c1-12(2)23-17-9-7-6-8-15(17)19-24(20,21)18-11-10-16(22-5)13(3)14(18)4/h6-12,19H,1-5H3. The molecular weight excluding hydrogens is 326 g/mol. The third-order valence-electron chi connectivity index (χ3n) is 3.69. The number of benzene rings is 2. The van der Waals surface area contributed by atoms with Gasteiger partial charge in [-0.3, -0.25) is 4.72 Å². The molecule has 0 unspecified atom stereocenters. The number of methoxy groups -OCH3 is 1. The average molecular weight is 349 g/mol. The molecule has 5 nitrogen and oxygen atoms in total. The van der Waals surface area contributed by atoms with Crippen molar-refractivity contribution in [2.24, 2.45) is 0 Å². The SMILES string of the molecule is COc1ccc(S(=O)(=O)Nc2ccccc2OC(C)C)c(C)c1C. The molecule has 0 saturated carbocycles. The molecule has 24 heavy (non-hydrogen) atoms. The second kappa shape index (κ2) is 7.13. The summed E-state index contributed by atoms with van der Waals surface area (Å²) >= 11 is 0. The van der Waals surface area contributed by atoms with Crippen molar-refractivity contribution in [3.8, 4) is 11.5 Å². The second-order valence-electron chi connectivity index (χ2n) is 5.78. The Kier molecular flexibility index (Phi) is 5.39. The van der Waals surface area contributed by atoms with Gasteiger partial charge in [0.1, 0.15) is 11.5 Å². The first-order valence-electron chi connectivity index (χ1n) is 7.69. The smallest absolute Gasteiger partial charge is 0.262 e. The van der Waals surface area contributed by atoms with Gasteiger partial charge in [-0.15, -0.1) is 0 Å². The maximum absolute atomic E-state index is 12.8. The first-order valence-corrected chi connectivity index (χ1v) is 9.17. The predicted molar refractivity (Wildman–Crippen MR) is 95.5 cm³/mol. The molecule has 1 N–H and O–H groups in total. The molecule has 0 bridgehead atoms. The van der Waals surface area contributed by atoms with Crippen LogP contribution in [-0.4, -0.2) is 21.6 Å². The highest BCUT2D eigenvalue weighted by Gasteiger charge is 2.21. The van der Waals surface area contributed by atoms with Gasteiger partial charge in [-0.2, -0.15) is 0 Å². The van der Waals surface area contributed by atoms with Gasteiger partial charge in [0.15, 0.2) is 0 Å². The zero-order valence-corrected chi connectivity index (χ0v) is 15.4. The summed E-state index contributed by atoms with van der Waals surface area (Å²) < 4.78 is 39.1. The summed E-state index contributed by atoms with van der Waals surface area (Å²) in [6.45, 7) is 7.39. The Bertz CT molecular complexity index is 829. The van der Waals surface area contributed by atoms with Gasteiger partial charge in [0.05, 0.1) is 23.8 Å². The highest BCUT2D eigenvalue weighted by atomic mass is 32.2. The molecule has 0 spiro atoms. The second-order valence-corrected chi connectivity index (χ2v) is 7.44. The number of sulfonamides is 1. The van der Waals surface area contributed by atoms with Crippen molar-refractivity contribution in [2.45, 2.75) is 38.7 Å². The van der Waals surface area contributed by atoms with Crippen molar-refractivity contribution in [2.75, 3.05) is 11.8 Å². The molecule has 0 atom stereocenters. The van der Waals surface area contributed by atoms with Crippen molar-refractivity contribution in [1.29, 1.82) is 0 Å². The zero-order valence-electron chi connectivity index (χ0n) is 14.6. The van der Waals surface area contributed by atoms with E-state index in [1.54, 1.807) is 50.4 Å². The Morgan fingerprint density at radius 2 is 1.62 bits per heavy atom. The monoisotopic (exact) mass is 349 g/mol. The number of nitrogens with one attached hydrogen (secondary N) is 1. The topological polar surface area (TPSA) is 64.6 Å². The van der Waals surface area contributed by atoms with Crippen LogP contribution in [0.2, 0.25) is 0 Å². The first-order chi connectivity index (χ1) is 11.3. The van der Waals surface area contributed by atoms with E-state index in [-0.39, 0.29) is 11.0 Å². The molecule has 2 aromatic carbocycles. The normalized spacial score (nSPS) is 11.4. The maximum atomic E-state index is 12.8. The van der Waals surface area contributed by atoms with Crippen LogP contribution in [-0.2, 0) is 10.0 Å². The van der Waals surface area contributed by atoms with E-state index < -0.39 is 10.0 Å². The largest absolute Gasteiger partial charge is 0.496 e. The van der Waals surface area contributed by atoms with Crippen LogP contribution >= 0.6 is 0 Å². The van der Waals surface area contributed by atoms with E-state index in [0.717, 1.165) is 5.56 Å². The highest BCUT2D eigenvalue weighted by molar-refractivity contribution is 7.92. The van der Waals surface area contributed by atoms with Crippen LogP contribution in [0.15, 0.2) is 41.3 Å². The Balaban J connectivity index is 2.42. The zero-order chi connectivity index (χ0) is 17.9. The summed E-state index contributed by atoms with van der Waals surface area (Å²) in [5, 5.41) is 0. The third-order valence-corrected chi connectivity index (χ3v) is 5.20. The molecular formula is C18H23NO4S. The quantitative estimate of drug-likeness (QED) is 0.859. The van der Waals surface area contributed by atoms with Gasteiger partial charge >= 0.3 is 0 Å². The van der Waals surface area contributed by atoms with Crippen LogP contribution in [0.5, 0.6) is 11.5 Å². The van der Waals surface area contributed by atoms with Crippen LogP contribution in [0.1, 0.15) is 25.0 Å². The highest BCUT2D eigenvalue weighted by Crippen LogP contribution is 2.31. The Morgan fingerprint density at radius 1 is 0.958 bits per heavy atom. The van der Waals surface area contributed by atoms with E-state index >= 15 is 0 Å². The molecule has 0 fully saturated rings. The summed E-state index contributed by atoms with van der Waals surface area (Å²) in [7, 11) is -2.17. The number of hydrogen-bond acceptors (Lipinski definition) is 4. The lowest BCUT2D eigenvalue weighted by molar-refractivity contribution is 0.244. The van der Waals surface area contributed by atoms with Gasteiger partial charge in [0.2, 0.25) is 0 Å². The number of hydrogen-bond donors (Lipinski definition) is 1. The molecule has 130 valence electrons. The van der Waals surface area contributed by atoms with E-state index in [0.29, 0.717) is 22.7 Å². The summed E-state index contributed by atoms with van der Waals surface area (Å²) in [6.07, 6.45) is -0.0550. The van der Waals surface area contributed by atoms with Crippen LogP contribution in [0.25, 0.3) is 0 Å². The average Bonchev–Trinajstić information content (AvgIpc) is 2.51. The van der Waals surface area contributed by atoms with E-state index in [1.807, 2.05) is 20.8 Å². The Hall–Kier alpha value is -2.21. The van der Waals surface area contributed by atoms with Gasteiger partial charge in [-0.05, 0) is 63.1 Å². The minimum atomic E-state index is -3.74. The molecule has 2 rings (SSSR count). The number of para-hydroxylation sites is 2. The molecule has 6 heteroatoms. The predicted octanol–water partition coefficient (Wildman–Crippen LogP) is 3.90. The number of anilines is 1. The summed E-state index contributed by atoms with van der Waals surface area (Å²) in [5.74, 6) is 1.16. The molecule has 0 aliphatic carbocycles. The molecule has 0 heterocycles. The Morgan fingerprint density at radius 3 is 2.25 bits per heavy atom. The lowest BCUT2D eigenvalue weighted by atomic mass is 10.1. The van der Waals surface area contributed by atoms with E-state index in [4.69, 9.17) is 9.47 Å². The third kappa shape index (κ3) is 3.82. The maximum Gasteiger partial charge on any atom is 0.262 e. The molecule has 0 amide bonds. The number of rotatable bonds is 6. The summed E-state index contributed by atoms with van der Waals surface area (Å²) in [4.78, 5) is 0.222. The first kappa shape index (κ1) is 18.1. The van der Waals surface area contributed by atoms with Crippen molar-refractivity contribution >= 4 is 15.7 Å². The lowest BCUT2D eigenvalue weighted by Crippen LogP contribution is -2.16. The van der Waals surface area contributed by atoms with Crippen molar-refractivity contribution in [3.05, 3.63) is 47.5 Å². The van der Waals surface area contributed by atoms with Crippen LogP contribution < -0.4 is 14.2 Å². The fourth-order valence-corrected chi connectivity index (χ4v) is 3.76. The molecule has 0 aliphatic heterocycles. The minimum absolute atomic E-state index is 0.0550. The van der Waals surface area contributed by atoms with Gasteiger partial charge in [-0.1, -0.05) is 12.1 Å². The molecule has 0 saturated heterocycles. The fourth-order valence-electron chi connectivity index (χ4n) is 2.39. The molecule has 2 aromatic rings. The summed E-state index contributed by atoms with van der Waals surface area (Å²) in [5.41, 5.74) is 1.87. The fraction of sp³-hybridized carbons (Fsp3) is 0.333. The van der Waals surface area contributed by atoms with E-state index in [2.05, 4.69) is 4.72 Å². The van der Waals surface area contributed by atoms with E-state index in [9.17, 15) is 8.42 Å². The van der Waals surface area contributed by atoms with Gasteiger partial charge in [0.25, 0.3) is 10.0 Å². The Labute approximate surface area is 143 Å². The van der Waals surface area contributed by atoms with Crippen LogP contribution in [0.4, 0.5) is 5.69 Å². The lowest BCUT2D eigenvalue weighted by Gasteiger charge is -2.17. The van der Waals surface area contributed by atoms with E-state index in [1.165, 1.54) is 0 Å². The van der Waals surface area contributed by atoms with Crippen molar-refractivity contribution in [1.82, 2.24) is 0 Å². The van der Waals surface area contributed by atoms with Gasteiger partial charge < -0.3 is 9.47 Å². The van der Waals surface area contributed by atoms with Crippen LogP contribution in [0.3, 0.4) is 0 Å². The molecule has 0 aliphatic rings. The van der Waals surface area contributed by atoms with Gasteiger partial charge in [0, 0.05) is 0 Å². The molecule has 0 radical (unpaired) electrons.